The van der Waals surface area contributed by atoms with E-state index in [4.69, 9.17) is 0 Å². The zero-order valence-corrected chi connectivity index (χ0v) is 10.7. The summed E-state index contributed by atoms with van der Waals surface area (Å²) in [5.41, 5.74) is 2.29. The van der Waals surface area contributed by atoms with Crippen LogP contribution in [0.15, 0.2) is 42.1 Å². The second kappa shape index (κ2) is 6.74. The van der Waals surface area contributed by atoms with Gasteiger partial charge in [-0.05, 0) is 18.9 Å². The number of rotatable bonds is 4. The van der Waals surface area contributed by atoms with Crippen molar-refractivity contribution in [3.63, 3.8) is 0 Å². The topological polar surface area (TPSA) is 32.3 Å². The number of carbonyl (C=O) groups excluding carboxylic acids is 1. The van der Waals surface area contributed by atoms with Crippen LogP contribution in [0.1, 0.15) is 25.8 Å². The quantitative estimate of drug-likeness (QED) is 0.849. The molecule has 0 aliphatic carbocycles. The Morgan fingerprint density at radius 3 is 2.59 bits per heavy atom. The van der Waals surface area contributed by atoms with Gasteiger partial charge in [-0.2, -0.15) is 0 Å². The molecule has 1 rings (SSSR count). The number of nitrogens with one attached hydrogen (secondary N) is 1. The van der Waals surface area contributed by atoms with E-state index < -0.39 is 0 Å². The van der Waals surface area contributed by atoms with Crippen molar-refractivity contribution < 1.29 is 4.79 Å². The first-order valence-corrected chi connectivity index (χ1v) is 5.84. The van der Waals surface area contributed by atoms with Crippen LogP contribution in [0.2, 0.25) is 0 Å². The molecule has 0 atom stereocenters. The average Bonchev–Trinajstić information content (AvgIpc) is 2.36. The lowest BCUT2D eigenvalue weighted by atomic mass is 10.2. The monoisotopic (exact) mass is 232 g/mol. The molecule has 3 nitrogen and oxygen atoms in total. The van der Waals surface area contributed by atoms with E-state index in [9.17, 15) is 4.79 Å². The summed E-state index contributed by atoms with van der Waals surface area (Å²) in [5, 5.41) is 2.78. The maximum absolute atomic E-state index is 11.7. The van der Waals surface area contributed by atoms with E-state index in [1.165, 1.54) is 0 Å². The molecule has 0 spiro atoms. The van der Waals surface area contributed by atoms with Crippen molar-refractivity contribution >= 4 is 6.03 Å². The molecule has 1 N–H and O–H groups in total. The van der Waals surface area contributed by atoms with Gasteiger partial charge in [-0.25, -0.2) is 4.79 Å². The maximum atomic E-state index is 11.7. The predicted octanol–water partition coefficient (Wildman–Crippen LogP) is 3.14. The second-order valence-electron chi connectivity index (χ2n) is 4.14. The molecular weight excluding hydrogens is 212 g/mol. The lowest BCUT2D eigenvalue weighted by Crippen LogP contribution is -2.34. The van der Waals surface area contributed by atoms with Gasteiger partial charge in [0.25, 0.3) is 0 Å². The molecule has 17 heavy (non-hydrogen) atoms. The van der Waals surface area contributed by atoms with Crippen molar-refractivity contribution in [2.24, 2.45) is 0 Å². The Kier molecular flexibility index (Phi) is 5.27. The lowest BCUT2D eigenvalue weighted by molar-refractivity contribution is 0.210. The Labute approximate surface area is 103 Å². The molecule has 0 unspecified atom stereocenters. The van der Waals surface area contributed by atoms with Gasteiger partial charge < -0.3 is 10.2 Å². The van der Waals surface area contributed by atoms with E-state index in [2.05, 4.69) is 12.2 Å². The van der Waals surface area contributed by atoms with Crippen LogP contribution in [0.4, 0.5) is 4.79 Å². The summed E-state index contributed by atoms with van der Waals surface area (Å²) in [4.78, 5) is 13.4. The fourth-order valence-corrected chi connectivity index (χ4v) is 1.33. The highest BCUT2D eigenvalue weighted by atomic mass is 16.2. The van der Waals surface area contributed by atoms with Crippen LogP contribution in [-0.2, 0) is 6.54 Å². The number of allylic oxidation sites excluding steroid dienone is 1. The van der Waals surface area contributed by atoms with Crippen molar-refractivity contribution in [3.8, 4) is 0 Å². The standard InChI is InChI=1S/C14H20N2O/c1-4-12(2)10-15-14(17)16(3)11-13-8-6-5-7-9-13/h5-10H,4,11H2,1-3H3,(H,15,17)/b12-10+. The summed E-state index contributed by atoms with van der Waals surface area (Å²) >= 11 is 0. The second-order valence-corrected chi connectivity index (χ2v) is 4.14. The molecule has 0 aliphatic heterocycles. The van der Waals surface area contributed by atoms with Gasteiger partial charge in [0, 0.05) is 19.8 Å². The minimum absolute atomic E-state index is 0.0818. The van der Waals surface area contributed by atoms with Crippen LogP contribution in [0.25, 0.3) is 0 Å². The van der Waals surface area contributed by atoms with Crippen LogP contribution in [0, 0.1) is 0 Å². The zero-order chi connectivity index (χ0) is 12.7. The number of hydrogen-bond donors (Lipinski definition) is 1. The molecule has 3 heteroatoms. The van der Waals surface area contributed by atoms with Gasteiger partial charge in [0.2, 0.25) is 0 Å². The molecule has 0 radical (unpaired) electrons. The minimum Gasteiger partial charge on any atom is -0.323 e. The van der Waals surface area contributed by atoms with E-state index in [1.807, 2.05) is 37.3 Å². The SMILES string of the molecule is CC/C(C)=C/NC(=O)N(C)Cc1ccccc1. The smallest absolute Gasteiger partial charge is 0.321 e. The van der Waals surface area contributed by atoms with E-state index >= 15 is 0 Å². The van der Waals surface area contributed by atoms with Gasteiger partial charge in [0.1, 0.15) is 0 Å². The van der Waals surface area contributed by atoms with Crippen LogP contribution in [0.5, 0.6) is 0 Å². The highest BCUT2D eigenvalue weighted by Crippen LogP contribution is 2.03. The number of carbonyl (C=O) groups is 1. The van der Waals surface area contributed by atoms with Gasteiger partial charge in [-0.15, -0.1) is 0 Å². The maximum Gasteiger partial charge on any atom is 0.321 e. The number of hydrogen-bond acceptors (Lipinski definition) is 1. The van der Waals surface area contributed by atoms with Gasteiger partial charge in [0.05, 0.1) is 0 Å². The molecule has 92 valence electrons. The Morgan fingerprint density at radius 2 is 2.00 bits per heavy atom. The van der Waals surface area contributed by atoms with E-state index in [0.717, 1.165) is 17.6 Å². The van der Waals surface area contributed by atoms with Crippen molar-refractivity contribution in [2.45, 2.75) is 26.8 Å². The van der Waals surface area contributed by atoms with Crippen LogP contribution in [-0.4, -0.2) is 18.0 Å². The summed E-state index contributed by atoms with van der Waals surface area (Å²) in [6, 6.07) is 9.86. The Bertz CT molecular complexity index is 384. The molecule has 1 aromatic rings. The molecule has 0 saturated heterocycles. The Hall–Kier alpha value is -1.77. The molecule has 2 amide bonds. The van der Waals surface area contributed by atoms with E-state index in [1.54, 1.807) is 18.1 Å². The molecular formula is C14H20N2O. The Balaban J connectivity index is 2.48. The average molecular weight is 232 g/mol. The first-order valence-electron chi connectivity index (χ1n) is 5.84. The molecule has 0 heterocycles. The highest BCUT2D eigenvalue weighted by molar-refractivity contribution is 5.74. The molecule has 0 bridgehead atoms. The molecule has 0 aliphatic rings. The number of urea groups is 1. The number of amides is 2. The molecule has 0 aromatic heterocycles. The summed E-state index contributed by atoms with van der Waals surface area (Å²) < 4.78 is 0. The van der Waals surface area contributed by atoms with E-state index in [-0.39, 0.29) is 6.03 Å². The van der Waals surface area contributed by atoms with Gasteiger partial charge >= 0.3 is 6.03 Å². The van der Waals surface area contributed by atoms with Gasteiger partial charge in [-0.3, -0.25) is 0 Å². The number of nitrogens with zero attached hydrogens (tertiary/aromatic N) is 1. The molecule has 1 aromatic carbocycles. The van der Waals surface area contributed by atoms with Crippen molar-refractivity contribution in [1.82, 2.24) is 10.2 Å². The minimum atomic E-state index is -0.0818. The largest absolute Gasteiger partial charge is 0.323 e. The van der Waals surface area contributed by atoms with Crippen LogP contribution in [0.3, 0.4) is 0 Å². The summed E-state index contributed by atoms with van der Waals surface area (Å²) in [7, 11) is 1.79. The fourth-order valence-electron chi connectivity index (χ4n) is 1.33. The third-order valence-electron chi connectivity index (χ3n) is 2.61. The van der Waals surface area contributed by atoms with Crippen molar-refractivity contribution in [3.05, 3.63) is 47.7 Å². The van der Waals surface area contributed by atoms with Crippen LogP contribution < -0.4 is 5.32 Å². The van der Waals surface area contributed by atoms with Gasteiger partial charge in [0.15, 0.2) is 0 Å². The molecule has 0 saturated carbocycles. The number of benzene rings is 1. The summed E-state index contributed by atoms with van der Waals surface area (Å²) in [5.74, 6) is 0. The van der Waals surface area contributed by atoms with Gasteiger partial charge in [-0.1, -0.05) is 42.8 Å². The van der Waals surface area contributed by atoms with Crippen LogP contribution >= 0.6 is 0 Å². The molecule has 0 fully saturated rings. The first kappa shape index (κ1) is 13.3. The Morgan fingerprint density at radius 1 is 1.35 bits per heavy atom. The third kappa shape index (κ3) is 4.72. The van der Waals surface area contributed by atoms with Crippen molar-refractivity contribution in [2.75, 3.05) is 7.05 Å². The van der Waals surface area contributed by atoms with E-state index in [0.29, 0.717) is 6.54 Å². The zero-order valence-electron chi connectivity index (χ0n) is 10.7. The highest BCUT2D eigenvalue weighted by Gasteiger charge is 2.06. The lowest BCUT2D eigenvalue weighted by Gasteiger charge is -2.16. The summed E-state index contributed by atoms with van der Waals surface area (Å²) in [6.07, 6.45) is 2.71. The first-order chi connectivity index (χ1) is 8.13. The normalized spacial score (nSPS) is 11.1. The summed E-state index contributed by atoms with van der Waals surface area (Å²) in [6.45, 7) is 4.68. The van der Waals surface area contributed by atoms with Crippen molar-refractivity contribution in [1.29, 1.82) is 0 Å². The predicted molar refractivity (Wildman–Crippen MR) is 70.5 cm³/mol. The fraction of sp³-hybridized carbons (Fsp3) is 0.357. The third-order valence-corrected chi connectivity index (χ3v) is 2.61.